The lowest BCUT2D eigenvalue weighted by Crippen LogP contribution is -2.04. The first-order valence-electron chi connectivity index (χ1n) is 25.3. The lowest BCUT2D eigenvalue weighted by atomic mass is 9.95. The van der Waals surface area contributed by atoms with Crippen molar-refractivity contribution in [3.63, 3.8) is 0 Å². The number of aromatic nitrogens is 5. The molecule has 350 valence electrons. The minimum atomic E-state index is 0.556. The van der Waals surface area contributed by atoms with E-state index in [4.69, 9.17) is 19.4 Å². The van der Waals surface area contributed by atoms with E-state index >= 15 is 0 Å². The van der Waals surface area contributed by atoms with Gasteiger partial charge in [-0.3, -0.25) is 0 Å². The van der Waals surface area contributed by atoms with Gasteiger partial charge in [-0.15, -0.1) is 0 Å². The SMILES string of the molecule is c1ccc(-c2cccc(-c3nc(-c4ccc(-c5ccccc5)cc4-n4c5ccccc5c5c(-c6cccc7c6c6ccccc6n7-c6ccccc6)cccc54)nc(-c4cccc5oc6ccccc6c45)n3)c2)cc1. The maximum atomic E-state index is 6.45. The molecule has 0 N–H and O–H groups in total. The zero-order valence-corrected chi connectivity index (χ0v) is 40.5. The Hall–Kier alpha value is -10.2. The van der Waals surface area contributed by atoms with Gasteiger partial charge in [0.15, 0.2) is 17.5 Å². The summed E-state index contributed by atoms with van der Waals surface area (Å²) in [5, 5.41) is 6.71. The number of nitrogens with zero attached hydrogens (tertiary/aromatic N) is 5. The van der Waals surface area contributed by atoms with E-state index in [2.05, 4.69) is 240 Å². The summed E-state index contributed by atoms with van der Waals surface area (Å²) >= 11 is 0. The third-order valence-corrected chi connectivity index (χ3v) is 14.8. The average Bonchev–Trinajstić information content (AvgIpc) is 4.16. The van der Waals surface area contributed by atoms with Gasteiger partial charge >= 0.3 is 0 Å². The van der Waals surface area contributed by atoms with Gasteiger partial charge in [0.25, 0.3) is 0 Å². The van der Waals surface area contributed by atoms with Gasteiger partial charge in [-0.25, -0.2) is 15.0 Å². The van der Waals surface area contributed by atoms with Crippen LogP contribution in [0.15, 0.2) is 265 Å². The molecule has 0 aliphatic rings. The van der Waals surface area contributed by atoms with Gasteiger partial charge in [0.1, 0.15) is 11.2 Å². The Morgan fingerprint density at radius 1 is 0.267 bits per heavy atom. The van der Waals surface area contributed by atoms with Gasteiger partial charge in [-0.2, -0.15) is 0 Å². The Labute approximate surface area is 431 Å². The van der Waals surface area contributed by atoms with Crippen molar-refractivity contribution in [2.75, 3.05) is 0 Å². The van der Waals surface area contributed by atoms with Crippen LogP contribution in [0, 0.1) is 0 Å². The summed E-state index contributed by atoms with van der Waals surface area (Å²) in [6.45, 7) is 0. The first-order chi connectivity index (χ1) is 37.2. The smallest absolute Gasteiger partial charge is 0.166 e. The topological polar surface area (TPSA) is 61.7 Å². The molecule has 0 saturated carbocycles. The van der Waals surface area contributed by atoms with Crippen LogP contribution in [0.1, 0.15) is 0 Å². The second-order valence-corrected chi connectivity index (χ2v) is 19.1. The second kappa shape index (κ2) is 17.3. The molecule has 0 aliphatic carbocycles. The number of rotatable bonds is 8. The van der Waals surface area contributed by atoms with E-state index in [1.165, 1.54) is 27.2 Å². The number of furan rings is 1. The normalized spacial score (nSPS) is 11.7. The van der Waals surface area contributed by atoms with Crippen molar-refractivity contribution < 1.29 is 4.42 Å². The van der Waals surface area contributed by atoms with Crippen LogP contribution < -0.4 is 0 Å². The summed E-state index contributed by atoms with van der Waals surface area (Å²) in [5.74, 6) is 1.69. The van der Waals surface area contributed by atoms with Crippen molar-refractivity contribution in [1.29, 1.82) is 0 Å². The summed E-state index contributed by atoms with van der Waals surface area (Å²) < 4.78 is 11.3. The van der Waals surface area contributed by atoms with Crippen LogP contribution in [0.5, 0.6) is 0 Å². The summed E-state index contributed by atoms with van der Waals surface area (Å²) in [7, 11) is 0. The lowest BCUT2D eigenvalue weighted by molar-refractivity contribution is 0.669. The van der Waals surface area contributed by atoms with Gasteiger partial charge in [0.05, 0.1) is 27.8 Å². The molecule has 75 heavy (non-hydrogen) atoms. The number of hydrogen-bond acceptors (Lipinski definition) is 4. The molecule has 0 amide bonds. The minimum absolute atomic E-state index is 0.556. The lowest BCUT2D eigenvalue weighted by Gasteiger charge is -2.17. The molecule has 0 fully saturated rings. The van der Waals surface area contributed by atoms with Gasteiger partial charge < -0.3 is 13.6 Å². The maximum absolute atomic E-state index is 6.45. The number of para-hydroxylation sites is 4. The van der Waals surface area contributed by atoms with E-state index in [9.17, 15) is 0 Å². The fourth-order valence-corrected chi connectivity index (χ4v) is 11.5. The molecule has 15 aromatic rings. The van der Waals surface area contributed by atoms with E-state index in [0.29, 0.717) is 17.5 Å². The fraction of sp³-hybridized carbons (Fsp3) is 0. The van der Waals surface area contributed by atoms with Crippen LogP contribution in [0.3, 0.4) is 0 Å². The molecular weight excluding hydrogens is 915 g/mol. The first-order valence-corrected chi connectivity index (χ1v) is 25.3. The van der Waals surface area contributed by atoms with Gasteiger partial charge in [-0.05, 0) is 100 Å². The first kappa shape index (κ1) is 42.5. The number of fused-ring (bicyclic) bond motifs is 9. The van der Waals surface area contributed by atoms with Gasteiger partial charge in [-0.1, -0.05) is 194 Å². The van der Waals surface area contributed by atoms with Crippen LogP contribution in [0.4, 0.5) is 0 Å². The number of benzene rings is 11. The third-order valence-electron chi connectivity index (χ3n) is 14.8. The van der Waals surface area contributed by atoms with E-state index in [1.54, 1.807) is 0 Å². The second-order valence-electron chi connectivity index (χ2n) is 19.1. The van der Waals surface area contributed by atoms with Crippen LogP contribution in [0.2, 0.25) is 0 Å². The third kappa shape index (κ3) is 6.92. The Morgan fingerprint density at radius 3 is 1.43 bits per heavy atom. The monoisotopic (exact) mass is 957 g/mol. The Balaban J connectivity index is 1.01. The molecule has 0 radical (unpaired) electrons. The van der Waals surface area contributed by atoms with E-state index in [0.717, 1.165) is 99.8 Å². The molecule has 6 nitrogen and oxygen atoms in total. The minimum Gasteiger partial charge on any atom is -0.456 e. The van der Waals surface area contributed by atoms with Crippen LogP contribution >= 0.6 is 0 Å². The van der Waals surface area contributed by atoms with Gasteiger partial charge in [0.2, 0.25) is 0 Å². The highest BCUT2D eigenvalue weighted by molar-refractivity contribution is 6.22. The average molecular weight is 958 g/mol. The predicted octanol–water partition coefficient (Wildman–Crippen LogP) is 18.0. The quantitative estimate of drug-likeness (QED) is 0.152. The van der Waals surface area contributed by atoms with E-state index in [-0.39, 0.29) is 0 Å². The van der Waals surface area contributed by atoms with Crippen molar-refractivity contribution in [3.05, 3.63) is 261 Å². The highest BCUT2D eigenvalue weighted by Crippen LogP contribution is 2.46. The Morgan fingerprint density at radius 2 is 0.733 bits per heavy atom. The van der Waals surface area contributed by atoms with E-state index in [1.807, 2.05) is 30.3 Å². The molecule has 4 heterocycles. The summed E-state index contributed by atoms with van der Waals surface area (Å²) in [6, 6.07) is 92.3. The zero-order valence-electron chi connectivity index (χ0n) is 40.5. The standard InChI is InChI=1S/C69H43N5O/c1-4-20-44(21-5-1)46-24-16-25-48(42-46)67-70-68(72-69(71-67)56-33-19-39-63-66(56)55-30-12-15-38-62(55)75-63)54-41-40-47(45-22-6-2-7-23-45)43-61(54)74-58-35-14-11-29-53(58)65-51(32-18-37-60(65)74)50-31-17-36-59-64(50)52-28-10-13-34-57(52)73(59)49-26-8-3-9-27-49/h1-43H. The highest BCUT2D eigenvalue weighted by Gasteiger charge is 2.25. The fourth-order valence-electron chi connectivity index (χ4n) is 11.5. The molecule has 4 aromatic heterocycles. The van der Waals surface area contributed by atoms with Crippen molar-refractivity contribution in [3.8, 4) is 78.9 Å². The van der Waals surface area contributed by atoms with Crippen LogP contribution in [-0.2, 0) is 0 Å². The molecule has 11 aromatic carbocycles. The summed E-state index contributed by atoms with van der Waals surface area (Å²) in [5.41, 5.74) is 17.5. The molecule has 0 aliphatic heterocycles. The molecule has 0 atom stereocenters. The van der Waals surface area contributed by atoms with Crippen molar-refractivity contribution in [2.45, 2.75) is 0 Å². The zero-order chi connectivity index (χ0) is 49.4. The maximum Gasteiger partial charge on any atom is 0.166 e. The van der Waals surface area contributed by atoms with E-state index < -0.39 is 0 Å². The molecule has 15 rings (SSSR count). The van der Waals surface area contributed by atoms with Crippen molar-refractivity contribution in [2.24, 2.45) is 0 Å². The van der Waals surface area contributed by atoms with Crippen molar-refractivity contribution in [1.82, 2.24) is 24.1 Å². The number of hydrogen-bond donors (Lipinski definition) is 0. The Bertz CT molecular complexity index is 4700. The van der Waals surface area contributed by atoms with Crippen molar-refractivity contribution >= 4 is 65.6 Å². The van der Waals surface area contributed by atoms with Crippen LogP contribution in [-0.4, -0.2) is 24.1 Å². The molecule has 0 spiro atoms. The largest absolute Gasteiger partial charge is 0.456 e. The molecule has 0 bridgehead atoms. The molecular formula is C69H43N5O. The summed E-state index contributed by atoms with van der Waals surface area (Å²) in [6.07, 6.45) is 0. The Kier molecular flexibility index (Phi) is 9.78. The summed E-state index contributed by atoms with van der Waals surface area (Å²) in [4.78, 5) is 16.4. The molecule has 6 heteroatoms. The highest BCUT2D eigenvalue weighted by atomic mass is 16.3. The molecule has 0 saturated heterocycles. The van der Waals surface area contributed by atoms with Crippen LogP contribution in [0.25, 0.3) is 144 Å². The molecule has 0 unspecified atom stereocenters. The predicted molar refractivity (Wildman–Crippen MR) is 308 cm³/mol. The van der Waals surface area contributed by atoms with Gasteiger partial charge in [0, 0.05) is 54.7 Å².